The van der Waals surface area contributed by atoms with Crippen LogP contribution in [0.2, 0.25) is 0 Å². The van der Waals surface area contributed by atoms with E-state index in [9.17, 15) is 0 Å². The number of hydrogen-bond acceptors (Lipinski definition) is 1. The highest BCUT2D eigenvalue weighted by molar-refractivity contribution is 5.51. The van der Waals surface area contributed by atoms with Gasteiger partial charge in [0, 0.05) is 5.69 Å². The molecule has 94 valence electrons. The third kappa shape index (κ3) is 5.20. The van der Waals surface area contributed by atoms with Gasteiger partial charge < -0.3 is 5.73 Å². The van der Waals surface area contributed by atoms with Crippen molar-refractivity contribution in [3.8, 4) is 0 Å². The van der Waals surface area contributed by atoms with E-state index in [1.54, 1.807) is 0 Å². The highest BCUT2D eigenvalue weighted by atomic mass is 14.6. The lowest BCUT2D eigenvalue weighted by molar-refractivity contribution is 1.03. The Morgan fingerprint density at radius 1 is 0.875 bits per heavy atom. The predicted molar refractivity (Wildman–Crippen MR) is 77.0 cm³/mol. The van der Waals surface area contributed by atoms with Gasteiger partial charge in [-0.15, -0.1) is 0 Å². The molecule has 0 saturated heterocycles. The van der Waals surface area contributed by atoms with E-state index in [-0.39, 0.29) is 0 Å². The normalized spacial score (nSPS) is 8.44. The van der Waals surface area contributed by atoms with Crippen LogP contribution in [0.1, 0.15) is 58.2 Å². The monoisotopic (exact) mass is 223 g/mol. The molecule has 1 aromatic carbocycles. The van der Waals surface area contributed by atoms with Crippen molar-refractivity contribution in [2.75, 3.05) is 5.73 Å². The fraction of sp³-hybridized carbons (Fsp3) is 0.600. The summed E-state index contributed by atoms with van der Waals surface area (Å²) < 4.78 is 0. The molecule has 0 bridgehead atoms. The van der Waals surface area contributed by atoms with E-state index in [4.69, 9.17) is 5.73 Å². The van der Waals surface area contributed by atoms with E-state index in [0.29, 0.717) is 0 Å². The van der Waals surface area contributed by atoms with Crippen molar-refractivity contribution in [2.45, 2.75) is 61.3 Å². The first-order valence-electron chi connectivity index (χ1n) is 6.56. The summed E-state index contributed by atoms with van der Waals surface area (Å²) in [4.78, 5) is 0. The first-order chi connectivity index (χ1) is 7.69. The van der Waals surface area contributed by atoms with Gasteiger partial charge in [0.05, 0.1) is 0 Å². The number of benzene rings is 1. The standard InChI is InChI=1S/C11H17N.2C2H6/c1-4-9-6-8(3)11(12)7-10(9)5-2;2*1-2/h6-7H,4-5,12H2,1-3H3;2*1-2H3. The Bertz CT molecular complexity index is 248. The lowest BCUT2D eigenvalue weighted by atomic mass is 9.99. The fourth-order valence-corrected chi connectivity index (χ4v) is 1.49. The van der Waals surface area contributed by atoms with Gasteiger partial charge in [-0.25, -0.2) is 0 Å². The highest BCUT2D eigenvalue weighted by Crippen LogP contribution is 2.19. The summed E-state index contributed by atoms with van der Waals surface area (Å²) in [5.41, 5.74) is 10.8. The van der Waals surface area contributed by atoms with Crippen molar-refractivity contribution in [3.05, 3.63) is 28.8 Å². The van der Waals surface area contributed by atoms with Crippen molar-refractivity contribution in [1.82, 2.24) is 0 Å². The van der Waals surface area contributed by atoms with E-state index in [0.717, 1.165) is 18.5 Å². The molecule has 16 heavy (non-hydrogen) atoms. The molecule has 0 amide bonds. The Labute approximate surface area is 102 Å². The van der Waals surface area contributed by atoms with E-state index in [1.165, 1.54) is 16.7 Å². The minimum Gasteiger partial charge on any atom is -0.399 e. The molecule has 2 N–H and O–H groups in total. The minimum absolute atomic E-state index is 0.920. The van der Waals surface area contributed by atoms with Gasteiger partial charge in [-0.3, -0.25) is 0 Å². The Balaban J connectivity index is 0. The smallest absolute Gasteiger partial charge is 0.0346 e. The molecular formula is C15H29N. The van der Waals surface area contributed by atoms with Gasteiger partial charge in [-0.1, -0.05) is 47.6 Å². The number of rotatable bonds is 2. The van der Waals surface area contributed by atoms with Gasteiger partial charge in [-0.05, 0) is 42.5 Å². The lowest BCUT2D eigenvalue weighted by Crippen LogP contribution is -1.97. The Kier molecular flexibility index (Phi) is 11.5. The summed E-state index contributed by atoms with van der Waals surface area (Å²) >= 11 is 0. The number of anilines is 1. The quantitative estimate of drug-likeness (QED) is 0.719. The molecule has 1 rings (SSSR count). The molecule has 0 aliphatic rings. The second-order valence-electron chi connectivity index (χ2n) is 3.18. The van der Waals surface area contributed by atoms with Crippen LogP contribution in [0.15, 0.2) is 12.1 Å². The maximum atomic E-state index is 5.82. The maximum absolute atomic E-state index is 5.82. The van der Waals surface area contributed by atoms with Crippen LogP contribution in [-0.2, 0) is 12.8 Å². The average Bonchev–Trinajstić information content (AvgIpc) is 2.37. The molecule has 0 aliphatic carbocycles. The summed E-state index contributed by atoms with van der Waals surface area (Å²) in [6, 6.07) is 4.31. The molecular weight excluding hydrogens is 194 g/mol. The van der Waals surface area contributed by atoms with Crippen molar-refractivity contribution in [3.63, 3.8) is 0 Å². The summed E-state index contributed by atoms with van der Waals surface area (Å²) in [5.74, 6) is 0. The number of hydrogen-bond donors (Lipinski definition) is 1. The van der Waals surface area contributed by atoms with Gasteiger partial charge in [0.2, 0.25) is 0 Å². The van der Waals surface area contributed by atoms with E-state index in [1.807, 2.05) is 27.7 Å². The Hall–Kier alpha value is -0.980. The van der Waals surface area contributed by atoms with Crippen molar-refractivity contribution in [1.29, 1.82) is 0 Å². The van der Waals surface area contributed by atoms with Gasteiger partial charge >= 0.3 is 0 Å². The average molecular weight is 223 g/mol. The molecule has 1 nitrogen and oxygen atoms in total. The molecule has 0 heterocycles. The van der Waals surface area contributed by atoms with Gasteiger partial charge in [0.1, 0.15) is 0 Å². The third-order valence-electron chi connectivity index (χ3n) is 2.35. The summed E-state index contributed by atoms with van der Waals surface area (Å²) in [7, 11) is 0. The number of aryl methyl sites for hydroxylation is 3. The van der Waals surface area contributed by atoms with Crippen LogP contribution in [0.5, 0.6) is 0 Å². The number of nitrogen functional groups attached to an aromatic ring is 1. The molecule has 0 radical (unpaired) electrons. The summed E-state index contributed by atoms with van der Waals surface area (Å²) in [5, 5.41) is 0. The van der Waals surface area contributed by atoms with E-state index < -0.39 is 0 Å². The molecule has 0 aromatic heterocycles. The first-order valence-corrected chi connectivity index (χ1v) is 6.56. The van der Waals surface area contributed by atoms with Crippen molar-refractivity contribution >= 4 is 5.69 Å². The molecule has 0 spiro atoms. The van der Waals surface area contributed by atoms with Gasteiger partial charge in [0.25, 0.3) is 0 Å². The Morgan fingerprint density at radius 3 is 1.62 bits per heavy atom. The van der Waals surface area contributed by atoms with Crippen LogP contribution in [0, 0.1) is 6.92 Å². The van der Waals surface area contributed by atoms with Gasteiger partial charge in [-0.2, -0.15) is 0 Å². The molecule has 1 heteroatoms. The molecule has 0 saturated carbocycles. The number of nitrogens with two attached hydrogens (primary N) is 1. The molecule has 0 atom stereocenters. The zero-order chi connectivity index (χ0) is 13.1. The van der Waals surface area contributed by atoms with Crippen LogP contribution < -0.4 is 5.73 Å². The first kappa shape index (κ1) is 17.4. The van der Waals surface area contributed by atoms with Crippen LogP contribution in [0.3, 0.4) is 0 Å². The SMILES string of the molecule is CC.CC.CCc1cc(C)c(N)cc1CC. The van der Waals surface area contributed by atoms with Crippen LogP contribution in [0.25, 0.3) is 0 Å². The topological polar surface area (TPSA) is 26.0 Å². The van der Waals surface area contributed by atoms with E-state index in [2.05, 4.69) is 32.9 Å². The highest BCUT2D eigenvalue weighted by Gasteiger charge is 2.01. The molecule has 0 unspecified atom stereocenters. The van der Waals surface area contributed by atoms with Crippen molar-refractivity contribution in [2.24, 2.45) is 0 Å². The molecule has 1 aromatic rings. The van der Waals surface area contributed by atoms with Crippen LogP contribution in [0.4, 0.5) is 5.69 Å². The van der Waals surface area contributed by atoms with Crippen LogP contribution >= 0.6 is 0 Å². The maximum Gasteiger partial charge on any atom is 0.0346 e. The molecule has 0 aliphatic heterocycles. The summed E-state index contributed by atoms with van der Waals surface area (Å²) in [6.07, 6.45) is 2.18. The zero-order valence-corrected chi connectivity index (χ0v) is 12.1. The molecule has 0 fully saturated rings. The minimum atomic E-state index is 0.920. The van der Waals surface area contributed by atoms with Crippen molar-refractivity contribution < 1.29 is 0 Å². The zero-order valence-electron chi connectivity index (χ0n) is 12.1. The predicted octanol–water partition coefficient (Wildman–Crippen LogP) is 4.75. The van der Waals surface area contributed by atoms with Crippen LogP contribution in [-0.4, -0.2) is 0 Å². The lowest BCUT2D eigenvalue weighted by Gasteiger charge is -2.09. The Morgan fingerprint density at radius 2 is 1.25 bits per heavy atom. The largest absolute Gasteiger partial charge is 0.399 e. The second-order valence-corrected chi connectivity index (χ2v) is 3.18. The fourth-order valence-electron chi connectivity index (χ4n) is 1.49. The van der Waals surface area contributed by atoms with E-state index >= 15 is 0 Å². The van der Waals surface area contributed by atoms with Gasteiger partial charge in [0.15, 0.2) is 0 Å². The second kappa shape index (κ2) is 10.5. The summed E-state index contributed by atoms with van der Waals surface area (Å²) in [6.45, 7) is 14.4. The third-order valence-corrected chi connectivity index (χ3v) is 2.35.